The van der Waals surface area contributed by atoms with Gasteiger partial charge in [0.05, 0.1) is 32.0 Å². The molecule has 12 unspecified atom stereocenters. The van der Waals surface area contributed by atoms with E-state index in [2.05, 4.69) is 67.8 Å². The number of nitrogens with one attached hydrogen (secondary N) is 1. The van der Waals surface area contributed by atoms with Crippen LogP contribution in [-0.4, -0.2) is 140 Å². The van der Waals surface area contributed by atoms with E-state index in [-0.39, 0.29) is 18.9 Å². The average molecular weight is 798 g/mol. The fourth-order valence-electron chi connectivity index (χ4n) is 6.28. The molecule has 2 aliphatic heterocycles. The van der Waals surface area contributed by atoms with Gasteiger partial charge in [-0.15, -0.1) is 0 Å². The lowest BCUT2D eigenvalue weighted by Crippen LogP contribution is -2.65. The highest BCUT2D eigenvalue weighted by Crippen LogP contribution is 2.29. The molecule has 1 amide bonds. The highest BCUT2D eigenvalue weighted by atomic mass is 16.7. The van der Waals surface area contributed by atoms with E-state index in [1.165, 1.54) is 6.42 Å². The summed E-state index contributed by atoms with van der Waals surface area (Å²) in [5, 5.41) is 86.0. The number of allylic oxidation sites excluding steroid dienone is 9. The van der Waals surface area contributed by atoms with Crippen LogP contribution in [0, 0.1) is 0 Å². The number of hydrogen-bond donors (Lipinski definition) is 9. The summed E-state index contributed by atoms with van der Waals surface area (Å²) in [6.07, 6.45) is 16.0. The third kappa shape index (κ3) is 18.5. The van der Waals surface area contributed by atoms with E-state index in [9.17, 15) is 45.6 Å². The van der Waals surface area contributed by atoms with Gasteiger partial charge in [0, 0.05) is 6.42 Å². The Morgan fingerprint density at radius 1 is 0.661 bits per heavy atom. The van der Waals surface area contributed by atoms with Gasteiger partial charge in [-0.25, -0.2) is 0 Å². The molecule has 56 heavy (non-hydrogen) atoms. The fraction of sp³-hybridized carbons (Fsp3) is 0.738. The van der Waals surface area contributed by atoms with Crippen molar-refractivity contribution in [2.24, 2.45) is 0 Å². The molecular formula is C42H71NO13. The Hall–Kier alpha value is -2.31. The third-order valence-electron chi connectivity index (χ3n) is 9.71. The van der Waals surface area contributed by atoms with Gasteiger partial charge >= 0.3 is 0 Å². The molecule has 2 heterocycles. The van der Waals surface area contributed by atoms with Gasteiger partial charge in [-0.2, -0.15) is 0 Å². The van der Waals surface area contributed by atoms with E-state index in [0.29, 0.717) is 6.42 Å². The number of aliphatic hydroxyl groups excluding tert-OH is 8. The molecule has 0 aliphatic carbocycles. The molecular weight excluding hydrogens is 726 g/mol. The highest BCUT2D eigenvalue weighted by molar-refractivity contribution is 5.76. The molecule has 14 heteroatoms. The number of ether oxygens (including phenoxy) is 4. The monoisotopic (exact) mass is 797 g/mol. The largest absolute Gasteiger partial charge is 0.394 e. The van der Waals surface area contributed by atoms with Crippen LogP contribution < -0.4 is 5.32 Å². The van der Waals surface area contributed by atoms with Crippen LogP contribution in [0.15, 0.2) is 60.8 Å². The van der Waals surface area contributed by atoms with Crippen molar-refractivity contribution in [2.45, 2.75) is 177 Å². The van der Waals surface area contributed by atoms with Gasteiger partial charge in [0.1, 0.15) is 48.8 Å². The molecule has 2 fully saturated rings. The molecule has 14 nitrogen and oxygen atoms in total. The number of rotatable bonds is 28. The van der Waals surface area contributed by atoms with Gasteiger partial charge in [0.25, 0.3) is 0 Å². The maximum atomic E-state index is 13.0. The Morgan fingerprint density at radius 2 is 1.23 bits per heavy atom. The van der Waals surface area contributed by atoms with Crippen LogP contribution in [0.4, 0.5) is 0 Å². The van der Waals surface area contributed by atoms with Crippen LogP contribution in [0.1, 0.15) is 104 Å². The first kappa shape index (κ1) is 49.8. The van der Waals surface area contributed by atoms with Crippen LogP contribution in [-0.2, 0) is 23.7 Å². The summed E-state index contributed by atoms with van der Waals surface area (Å²) < 4.78 is 22.5. The summed E-state index contributed by atoms with van der Waals surface area (Å²) in [4.78, 5) is 13.0. The molecule has 0 saturated carbocycles. The normalized spacial score (nSPS) is 30.0. The Bertz CT molecular complexity index is 1180. The minimum absolute atomic E-state index is 0.225. The second-order valence-corrected chi connectivity index (χ2v) is 14.4. The number of carbonyl (C=O) groups excluding carboxylic acids is 1. The molecule has 0 aromatic heterocycles. The maximum Gasteiger partial charge on any atom is 0.220 e. The minimum atomic E-state index is -1.79. The van der Waals surface area contributed by atoms with Crippen LogP contribution >= 0.6 is 0 Å². The smallest absolute Gasteiger partial charge is 0.220 e. The van der Waals surface area contributed by atoms with Crippen LogP contribution in [0.5, 0.6) is 0 Å². The summed E-state index contributed by atoms with van der Waals surface area (Å²) in [6.45, 7) is 2.52. The minimum Gasteiger partial charge on any atom is -0.394 e. The lowest BCUT2D eigenvalue weighted by molar-refractivity contribution is -0.359. The van der Waals surface area contributed by atoms with Crippen molar-refractivity contribution in [2.75, 3.05) is 19.8 Å². The standard InChI is InChI=1S/C42H71NO13/c1-3-5-7-9-11-12-13-14-15-16-17-18-20-22-24-26-34(47)43-30(31(46)25-23-21-19-10-8-6-4-2)29-53-41-39(52)37(50)40(33(28-45)55-41)56-42-38(51)36(49)35(48)32(27-44)54-42/h5,7,11-12,14-15,17-18,23,25,30-33,35-42,44-46,48-52H,3-4,6,8-10,13,16,19-22,24,26-29H2,1-2H3,(H,43,47)/b7-5-,12-11-,15-14-,18-17-,25-23+. The predicted molar refractivity (Wildman–Crippen MR) is 212 cm³/mol. The zero-order chi connectivity index (χ0) is 41.1. The van der Waals surface area contributed by atoms with E-state index in [1.807, 2.05) is 6.08 Å². The van der Waals surface area contributed by atoms with Crippen molar-refractivity contribution >= 4 is 5.91 Å². The predicted octanol–water partition coefficient (Wildman–Crippen LogP) is 2.76. The Kier molecular flexibility index (Phi) is 26.6. The van der Waals surface area contributed by atoms with E-state index in [0.717, 1.165) is 70.6 Å². The maximum absolute atomic E-state index is 13.0. The molecule has 0 radical (unpaired) electrons. The number of hydrogen-bond acceptors (Lipinski definition) is 13. The van der Waals surface area contributed by atoms with Gasteiger partial charge in [-0.3, -0.25) is 4.79 Å². The van der Waals surface area contributed by atoms with Crippen molar-refractivity contribution in [3.05, 3.63) is 60.8 Å². The molecule has 2 rings (SSSR count). The third-order valence-corrected chi connectivity index (χ3v) is 9.71. The molecule has 9 N–H and O–H groups in total. The molecule has 322 valence electrons. The van der Waals surface area contributed by atoms with Gasteiger partial charge < -0.3 is 65.1 Å². The van der Waals surface area contributed by atoms with E-state index >= 15 is 0 Å². The Labute approximate surface area is 333 Å². The van der Waals surface area contributed by atoms with Crippen molar-refractivity contribution in [3.63, 3.8) is 0 Å². The molecule has 12 atom stereocenters. The molecule has 0 spiro atoms. The van der Waals surface area contributed by atoms with Gasteiger partial charge in [-0.05, 0) is 57.8 Å². The zero-order valence-corrected chi connectivity index (χ0v) is 33.3. The van der Waals surface area contributed by atoms with Crippen LogP contribution in [0.2, 0.25) is 0 Å². The second-order valence-electron chi connectivity index (χ2n) is 14.4. The van der Waals surface area contributed by atoms with Crippen LogP contribution in [0.3, 0.4) is 0 Å². The molecule has 0 aromatic rings. The van der Waals surface area contributed by atoms with E-state index in [4.69, 9.17) is 18.9 Å². The molecule has 0 aromatic carbocycles. The Morgan fingerprint density at radius 3 is 1.88 bits per heavy atom. The summed E-state index contributed by atoms with van der Waals surface area (Å²) in [5.41, 5.74) is 0. The Balaban J connectivity index is 1.93. The summed E-state index contributed by atoms with van der Waals surface area (Å²) in [7, 11) is 0. The molecule has 2 aliphatic rings. The highest BCUT2D eigenvalue weighted by Gasteiger charge is 2.50. The summed E-state index contributed by atoms with van der Waals surface area (Å²) >= 11 is 0. The molecule has 2 saturated heterocycles. The number of unbranched alkanes of at least 4 members (excludes halogenated alkanes) is 7. The average Bonchev–Trinajstić information content (AvgIpc) is 3.19. The van der Waals surface area contributed by atoms with Crippen molar-refractivity contribution in [1.82, 2.24) is 5.32 Å². The first-order chi connectivity index (χ1) is 27.1. The zero-order valence-electron chi connectivity index (χ0n) is 33.3. The lowest BCUT2D eigenvalue weighted by Gasteiger charge is -2.46. The summed E-state index contributed by atoms with van der Waals surface area (Å²) in [5.74, 6) is -0.290. The van der Waals surface area contributed by atoms with Gasteiger partial charge in [0.2, 0.25) is 5.91 Å². The van der Waals surface area contributed by atoms with Crippen molar-refractivity contribution < 1.29 is 64.6 Å². The fourth-order valence-corrected chi connectivity index (χ4v) is 6.28. The number of carbonyl (C=O) groups is 1. The van der Waals surface area contributed by atoms with Gasteiger partial charge in [0.15, 0.2) is 12.6 Å². The lowest BCUT2D eigenvalue weighted by atomic mass is 9.97. The van der Waals surface area contributed by atoms with E-state index in [1.54, 1.807) is 6.08 Å². The van der Waals surface area contributed by atoms with Crippen molar-refractivity contribution in [1.29, 1.82) is 0 Å². The molecule has 0 bridgehead atoms. The van der Waals surface area contributed by atoms with Crippen molar-refractivity contribution in [3.8, 4) is 0 Å². The quantitative estimate of drug-likeness (QED) is 0.0411. The van der Waals surface area contributed by atoms with Gasteiger partial charge in [-0.1, -0.05) is 100 Å². The number of amides is 1. The first-order valence-corrected chi connectivity index (χ1v) is 20.5. The second kappa shape index (κ2) is 29.8. The number of aliphatic hydroxyl groups is 8. The summed E-state index contributed by atoms with van der Waals surface area (Å²) in [6, 6.07) is -0.934. The topological polar surface area (TPSA) is 228 Å². The van der Waals surface area contributed by atoms with Crippen LogP contribution in [0.25, 0.3) is 0 Å². The van der Waals surface area contributed by atoms with E-state index < -0.39 is 86.8 Å². The SMILES string of the molecule is CC/C=C\C/C=C\C/C=C\C/C=C\CCCCC(=O)NC(COC1OC(CO)C(OC2OC(CO)C(O)C(O)C2O)C(O)C1O)C(O)/C=C/CCCCCCC. The first-order valence-electron chi connectivity index (χ1n) is 20.5.